The average Bonchev–Trinajstić information content (AvgIpc) is 2.72. The molecule has 0 aliphatic rings. The summed E-state index contributed by atoms with van der Waals surface area (Å²) in [7, 11) is -3.13. The van der Waals surface area contributed by atoms with Crippen molar-refractivity contribution in [1.29, 1.82) is 0 Å². The maximum Gasteiger partial charge on any atom is 0.251 e. The molecule has 2 aromatic carbocycles. The zero-order valence-electron chi connectivity index (χ0n) is 16.7. The Labute approximate surface area is 171 Å². The van der Waals surface area contributed by atoms with Crippen LogP contribution in [-0.2, 0) is 9.84 Å². The number of carbonyl (C=O) groups is 1. The van der Waals surface area contributed by atoms with Gasteiger partial charge in [0.05, 0.1) is 12.4 Å². The molecule has 0 saturated heterocycles. The van der Waals surface area contributed by atoms with Gasteiger partial charge in [-0.05, 0) is 37.3 Å². The Morgan fingerprint density at radius 3 is 2.34 bits per heavy atom. The Kier molecular flexibility index (Phi) is 8.79. The van der Waals surface area contributed by atoms with Gasteiger partial charge < -0.3 is 19.5 Å². The fraction of sp³-hybridized carbons (Fsp3) is 0.381. The lowest BCUT2D eigenvalue weighted by molar-refractivity contribution is 0.0955. The van der Waals surface area contributed by atoms with Crippen molar-refractivity contribution in [2.75, 3.05) is 37.9 Å². The van der Waals surface area contributed by atoms with Crippen molar-refractivity contribution in [2.24, 2.45) is 0 Å². The van der Waals surface area contributed by atoms with Gasteiger partial charge in [-0.25, -0.2) is 8.42 Å². The minimum Gasteiger partial charge on any atom is -0.490 e. The van der Waals surface area contributed by atoms with Crippen LogP contribution in [0.2, 0.25) is 0 Å². The number of sulfone groups is 1. The third-order valence-electron chi connectivity index (χ3n) is 4.00. The van der Waals surface area contributed by atoms with E-state index in [4.69, 9.17) is 14.2 Å². The van der Waals surface area contributed by atoms with Crippen LogP contribution in [0.3, 0.4) is 0 Å². The third-order valence-corrected chi connectivity index (χ3v) is 5.70. The Morgan fingerprint density at radius 2 is 1.66 bits per heavy atom. The van der Waals surface area contributed by atoms with E-state index < -0.39 is 9.84 Å². The van der Waals surface area contributed by atoms with E-state index in [-0.39, 0.29) is 24.0 Å². The van der Waals surface area contributed by atoms with E-state index in [1.54, 1.807) is 25.1 Å². The molecule has 0 aliphatic carbocycles. The van der Waals surface area contributed by atoms with Crippen molar-refractivity contribution in [2.45, 2.75) is 13.8 Å². The van der Waals surface area contributed by atoms with Gasteiger partial charge in [-0.2, -0.15) is 0 Å². The normalized spacial score (nSPS) is 11.0. The van der Waals surface area contributed by atoms with Crippen LogP contribution in [0.25, 0.3) is 0 Å². The Morgan fingerprint density at radius 1 is 0.931 bits per heavy atom. The number of ether oxygens (including phenoxy) is 3. The van der Waals surface area contributed by atoms with Crippen LogP contribution < -0.4 is 19.5 Å². The average molecular weight is 422 g/mol. The third kappa shape index (κ3) is 7.65. The second kappa shape index (κ2) is 11.3. The second-order valence-electron chi connectivity index (χ2n) is 6.10. The van der Waals surface area contributed by atoms with Crippen molar-refractivity contribution in [3.05, 3.63) is 54.1 Å². The number of nitrogens with one attached hydrogen (secondary N) is 1. The summed E-state index contributed by atoms with van der Waals surface area (Å²) in [6, 6.07) is 14.3. The first-order valence-corrected chi connectivity index (χ1v) is 11.3. The molecular formula is C21H27NO6S. The van der Waals surface area contributed by atoms with Crippen LogP contribution in [0.5, 0.6) is 17.2 Å². The van der Waals surface area contributed by atoms with Crippen LogP contribution in [0.1, 0.15) is 24.2 Å². The highest BCUT2D eigenvalue weighted by Crippen LogP contribution is 2.28. The van der Waals surface area contributed by atoms with E-state index >= 15 is 0 Å². The van der Waals surface area contributed by atoms with Crippen molar-refractivity contribution in [3.8, 4) is 17.2 Å². The van der Waals surface area contributed by atoms with E-state index in [1.807, 2.05) is 37.3 Å². The van der Waals surface area contributed by atoms with Gasteiger partial charge in [0.1, 0.15) is 19.0 Å². The highest BCUT2D eigenvalue weighted by Gasteiger charge is 2.13. The lowest BCUT2D eigenvalue weighted by Crippen LogP contribution is -2.29. The molecule has 0 aromatic heterocycles. The van der Waals surface area contributed by atoms with Crippen molar-refractivity contribution < 1.29 is 27.4 Å². The second-order valence-corrected chi connectivity index (χ2v) is 8.57. The zero-order valence-corrected chi connectivity index (χ0v) is 17.5. The molecule has 0 heterocycles. The van der Waals surface area contributed by atoms with Gasteiger partial charge in [0, 0.05) is 17.9 Å². The number of rotatable bonds is 12. The monoisotopic (exact) mass is 421 g/mol. The predicted octanol–water partition coefficient (Wildman–Crippen LogP) is 2.71. The molecule has 1 N–H and O–H groups in total. The first kappa shape index (κ1) is 22.5. The molecule has 0 bridgehead atoms. The largest absolute Gasteiger partial charge is 0.490 e. The number of hydrogen-bond donors (Lipinski definition) is 1. The molecule has 0 atom stereocenters. The van der Waals surface area contributed by atoms with Crippen molar-refractivity contribution in [3.63, 3.8) is 0 Å². The van der Waals surface area contributed by atoms with Gasteiger partial charge in [0.2, 0.25) is 0 Å². The van der Waals surface area contributed by atoms with Gasteiger partial charge in [0.15, 0.2) is 21.3 Å². The molecule has 0 saturated carbocycles. The van der Waals surface area contributed by atoms with Gasteiger partial charge in [-0.1, -0.05) is 25.1 Å². The Bertz CT molecular complexity index is 883. The zero-order chi connectivity index (χ0) is 21.1. The summed E-state index contributed by atoms with van der Waals surface area (Å²) < 4.78 is 39.9. The summed E-state index contributed by atoms with van der Waals surface area (Å²) in [5, 5.41) is 2.61. The SMILES string of the molecule is CCOc1cc(C(=O)NCCS(=O)(=O)CC)ccc1OCCOc1ccccc1. The summed E-state index contributed by atoms with van der Waals surface area (Å²) in [5.41, 5.74) is 0.371. The molecular weight excluding hydrogens is 394 g/mol. The fourth-order valence-corrected chi connectivity index (χ4v) is 3.13. The van der Waals surface area contributed by atoms with E-state index in [2.05, 4.69) is 5.32 Å². The Hall–Kier alpha value is -2.74. The van der Waals surface area contributed by atoms with E-state index in [1.165, 1.54) is 0 Å². The lowest BCUT2D eigenvalue weighted by Gasteiger charge is -2.14. The fourth-order valence-electron chi connectivity index (χ4n) is 2.43. The standard InChI is InChI=1S/C21H27NO6S/c1-3-26-20-16-17(21(23)22-12-15-29(24,25)4-2)10-11-19(20)28-14-13-27-18-8-6-5-7-9-18/h5-11,16H,3-4,12-15H2,1-2H3,(H,22,23). The van der Waals surface area contributed by atoms with Crippen LogP contribution >= 0.6 is 0 Å². The van der Waals surface area contributed by atoms with Crippen LogP contribution in [0, 0.1) is 0 Å². The summed E-state index contributed by atoms with van der Waals surface area (Å²) in [6.45, 7) is 4.57. The van der Waals surface area contributed by atoms with Crippen LogP contribution in [-0.4, -0.2) is 52.2 Å². The van der Waals surface area contributed by atoms with E-state index in [0.29, 0.717) is 36.9 Å². The minimum absolute atomic E-state index is 0.0530. The Balaban J connectivity index is 1.92. The summed E-state index contributed by atoms with van der Waals surface area (Å²) in [5.74, 6) is 1.32. The molecule has 158 valence electrons. The van der Waals surface area contributed by atoms with E-state index in [9.17, 15) is 13.2 Å². The molecule has 29 heavy (non-hydrogen) atoms. The molecule has 2 rings (SSSR count). The number of carbonyl (C=O) groups excluding carboxylic acids is 1. The molecule has 8 heteroatoms. The minimum atomic E-state index is -3.13. The number of hydrogen-bond acceptors (Lipinski definition) is 6. The van der Waals surface area contributed by atoms with Gasteiger partial charge in [-0.3, -0.25) is 4.79 Å². The van der Waals surface area contributed by atoms with Crippen LogP contribution in [0.15, 0.2) is 48.5 Å². The molecule has 7 nitrogen and oxygen atoms in total. The molecule has 0 unspecified atom stereocenters. The molecule has 0 radical (unpaired) electrons. The summed E-state index contributed by atoms with van der Waals surface area (Å²) in [6.07, 6.45) is 0. The molecule has 0 fully saturated rings. The number of para-hydroxylation sites is 1. The first-order chi connectivity index (χ1) is 13.9. The first-order valence-electron chi connectivity index (χ1n) is 9.51. The smallest absolute Gasteiger partial charge is 0.251 e. The molecule has 0 spiro atoms. The quantitative estimate of drug-likeness (QED) is 0.530. The lowest BCUT2D eigenvalue weighted by atomic mass is 10.2. The molecule has 0 aliphatic heterocycles. The highest BCUT2D eigenvalue weighted by atomic mass is 32.2. The van der Waals surface area contributed by atoms with Gasteiger partial charge >= 0.3 is 0 Å². The topological polar surface area (TPSA) is 90.9 Å². The number of benzene rings is 2. The van der Waals surface area contributed by atoms with Crippen LogP contribution in [0.4, 0.5) is 0 Å². The van der Waals surface area contributed by atoms with Crippen molar-refractivity contribution >= 4 is 15.7 Å². The maximum absolute atomic E-state index is 12.3. The summed E-state index contributed by atoms with van der Waals surface area (Å²) in [4.78, 5) is 12.3. The highest BCUT2D eigenvalue weighted by molar-refractivity contribution is 7.91. The molecule has 1 amide bonds. The maximum atomic E-state index is 12.3. The summed E-state index contributed by atoms with van der Waals surface area (Å²) >= 11 is 0. The van der Waals surface area contributed by atoms with E-state index in [0.717, 1.165) is 5.75 Å². The molecule has 2 aromatic rings. The number of amides is 1. The predicted molar refractivity (Wildman–Crippen MR) is 112 cm³/mol. The van der Waals surface area contributed by atoms with Crippen molar-refractivity contribution in [1.82, 2.24) is 5.32 Å². The van der Waals surface area contributed by atoms with Gasteiger partial charge in [0.25, 0.3) is 5.91 Å². The van der Waals surface area contributed by atoms with Gasteiger partial charge in [-0.15, -0.1) is 0 Å².